The molecule has 0 aromatic rings. The number of likely N-dealkylation sites (tertiary alicyclic amines) is 1. The highest BCUT2D eigenvalue weighted by Crippen LogP contribution is 2.23. The molecule has 2 saturated heterocycles. The van der Waals surface area contributed by atoms with Crippen LogP contribution in [0.2, 0.25) is 0 Å². The molecule has 2 fully saturated rings. The van der Waals surface area contributed by atoms with Crippen LogP contribution in [0.4, 0.5) is 0 Å². The van der Waals surface area contributed by atoms with Crippen molar-refractivity contribution in [3.8, 4) is 0 Å². The van der Waals surface area contributed by atoms with Crippen LogP contribution in [0.5, 0.6) is 0 Å². The molecular weight excluding hydrogens is 230 g/mol. The van der Waals surface area contributed by atoms with Crippen molar-refractivity contribution in [2.75, 3.05) is 33.7 Å². The summed E-state index contributed by atoms with van der Waals surface area (Å²) in [6.45, 7) is 2.65. The SMILES string of the molecule is CN1CCC(N(C)C(=O)C2CCC(CN)O2)CC1. The van der Waals surface area contributed by atoms with Crippen LogP contribution in [0.15, 0.2) is 0 Å². The van der Waals surface area contributed by atoms with E-state index in [-0.39, 0.29) is 18.1 Å². The third-order valence-corrected chi connectivity index (χ3v) is 4.23. The summed E-state index contributed by atoms with van der Waals surface area (Å²) in [4.78, 5) is 16.5. The van der Waals surface area contributed by atoms with E-state index in [1.807, 2.05) is 11.9 Å². The van der Waals surface area contributed by atoms with Gasteiger partial charge in [-0.3, -0.25) is 4.79 Å². The van der Waals surface area contributed by atoms with E-state index < -0.39 is 0 Å². The molecule has 2 N–H and O–H groups in total. The van der Waals surface area contributed by atoms with Gasteiger partial charge in [-0.25, -0.2) is 0 Å². The van der Waals surface area contributed by atoms with E-state index in [2.05, 4.69) is 11.9 Å². The number of ether oxygens (including phenoxy) is 1. The molecule has 0 bridgehead atoms. The normalized spacial score (nSPS) is 30.6. The molecular formula is C13H25N3O2. The van der Waals surface area contributed by atoms with Crippen LogP contribution in [0.25, 0.3) is 0 Å². The van der Waals surface area contributed by atoms with Crippen molar-refractivity contribution in [1.82, 2.24) is 9.80 Å². The van der Waals surface area contributed by atoms with E-state index in [0.717, 1.165) is 38.8 Å². The van der Waals surface area contributed by atoms with Crippen LogP contribution in [0.3, 0.4) is 0 Å². The maximum Gasteiger partial charge on any atom is 0.251 e. The van der Waals surface area contributed by atoms with E-state index in [1.54, 1.807) is 0 Å². The Morgan fingerprint density at radius 2 is 2.00 bits per heavy atom. The van der Waals surface area contributed by atoms with Gasteiger partial charge in [0.1, 0.15) is 6.10 Å². The zero-order valence-corrected chi connectivity index (χ0v) is 11.5. The molecule has 0 aromatic carbocycles. The third-order valence-electron chi connectivity index (χ3n) is 4.23. The Kier molecular flexibility index (Phi) is 4.59. The topological polar surface area (TPSA) is 58.8 Å². The van der Waals surface area contributed by atoms with Crippen LogP contribution in [-0.2, 0) is 9.53 Å². The van der Waals surface area contributed by atoms with Crippen LogP contribution in [-0.4, -0.2) is 67.7 Å². The van der Waals surface area contributed by atoms with Crippen molar-refractivity contribution < 1.29 is 9.53 Å². The fourth-order valence-corrected chi connectivity index (χ4v) is 2.85. The molecule has 2 unspecified atom stereocenters. The van der Waals surface area contributed by atoms with Crippen molar-refractivity contribution in [2.24, 2.45) is 5.73 Å². The van der Waals surface area contributed by atoms with E-state index in [1.165, 1.54) is 0 Å². The minimum Gasteiger partial charge on any atom is -0.364 e. The molecule has 2 aliphatic heterocycles. The fourth-order valence-electron chi connectivity index (χ4n) is 2.85. The number of likely N-dealkylation sites (N-methyl/N-ethyl adjacent to an activating group) is 1. The minimum absolute atomic E-state index is 0.0739. The summed E-state index contributed by atoms with van der Waals surface area (Å²) in [6, 6.07) is 0.370. The summed E-state index contributed by atoms with van der Waals surface area (Å²) in [5.74, 6) is 0.139. The fraction of sp³-hybridized carbons (Fsp3) is 0.923. The van der Waals surface area contributed by atoms with Crippen LogP contribution in [0.1, 0.15) is 25.7 Å². The molecule has 0 radical (unpaired) electrons. The molecule has 2 rings (SSSR count). The Labute approximate surface area is 109 Å². The van der Waals surface area contributed by atoms with E-state index >= 15 is 0 Å². The minimum atomic E-state index is -0.261. The Bertz CT molecular complexity index is 290. The lowest BCUT2D eigenvalue weighted by atomic mass is 10.0. The molecule has 104 valence electrons. The lowest BCUT2D eigenvalue weighted by Crippen LogP contribution is -2.47. The molecule has 5 nitrogen and oxygen atoms in total. The average Bonchev–Trinajstić information content (AvgIpc) is 2.86. The highest BCUT2D eigenvalue weighted by atomic mass is 16.5. The lowest BCUT2D eigenvalue weighted by molar-refractivity contribution is -0.144. The predicted molar refractivity (Wildman–Crippen MR) is 70.2 cm³/mol. The van der Waals surface area contributed by atoms with Gasteiger partial charge in [0, 0.05) is 19.6 Å². The summed E-state index contributed by atoms with van der Waals surface area (Å²) in [6.07, 6.45) is 3.66. The van der Waals surface area contributed by atoms with Gasteiger partial charge in [-0.15, -0.1) is 0 Å². The summed E-state index contributed by atoms with van der Waals surface area (Å²) >= 11 is 0. The van der Waals surface area contributed by atoms with Crippen LogP contribution < -0.4 is 5.73 Å². The maximum atomic E-state index is 12.3. The molecule has 0 aromatic heterocycles. The van der Waals surface area contributed by atoms with Gasteiger partial charge in [0.25, 0.3) is 5.91 Å². The first kappa shape index (κ1) is 13.8. The van der Waals surface area contributed by atoms with Crippen molar-refractivity contribution >= 4 is 5.91 Å². The van der Waals surface area contributed by atoms with Gasteiger partial charge in [0.15, 0.2) is 0 Å². The van der Waals surface area contributed by atoms with Crippen molar-refractivity contribution in [2.45, 2.75) is 43.9 Å². The molecule has 2 aliphatic rings. The van der Waals surface area contributed by atoms with E-state index in [0.29, 0.717) is 12.6 Å². The van der Waals surface area contributed by atoms with Gasteiger partial charge in [-0.2, -0.15) is 0 Å². The monoisotopic (exact) mass is 255 g/mol. The van der Waals surface area contributed by atoms with Crippen molar-refractivity contribution in [3.05, 3.63) is 0 Å². The van der Waals surface area contributed by atoms with E-state index in [9.17, 15) is 4.79 Å². The van der Waals surface area contributed by atoms with Crippen LogP contribution >= 0.6 is 0 Å². The predicted octanol–water partition coefficient (Wildman–Crippen LogP) is 0.0453. The van der Waals surface area contributed by atoms with Gasteiger partial charge in [-0.05, 0) is 45.8 Å². The van der Waals surface area contributed by atoms with Crippen molar-refractivity contribution in [3.63, 3.8) is 0 Å². The molecule has 18 heavy (non-hydrogen) atoms. The first-order chi connectivity index (χ1) is 8.61. The second-order valence-corrected chi connectivity index (χ2v) is 5.54. The smallest absolute Gasteiger partial charge is 0.251 e. The second-order valence-electron chi connectivity index (χ2n) is 5.54. The van der Waals surface area contributed by atoms with Crippen LogP contribution in [0, 0.1) is 0 Å². The lowest BCUT2D eigenvalue weighted by Gasteiger charge is -2.36. The number of carbonyl (C=O) groups excluding carboxylic acids is 1. The molecule has 1 amide bonds. The molecule has 2 atom stereocenters. The van der Waals surface area contributed by atoms with Gasteiger partial charge in [-0.1, -0.05) is 0 Å². The summed E-state index contributed by atoms with van der Waals surface area (Å²) in [5.41, 5.74) is 5.57. The van der Waals surface area contributed by atoms with Gasteiger partial charge in [0.2, 0.25) is 0 Å². The number of hydrogen-bond donors (Lipinski definition) is 1. The highest BCUT2D eigenvalue weighted by Gasteiger charge is 2.34. The van der Waals surface area contributed by atoms with Gasteiger partial charge >= 0.3 is 0 Å². The van der Waals surface area contributed by atoms with E-state index in [4.69, 9.17) is 10.5 Å². The van der Waals surface area contributed by atoms with Crippen molar-refractivity contribution in [1.29, 1.82) is 0 Å². The number of piperidine rings is 1. The Morgan fingerprint density at radius 1 is 1.33 bits per heavy atom. The number of amides is 1. The largest absolute Gasteiger partial charge is 0.364 e. The molecule has 0 aliphatic carbocycles. The molecule has 2 heterocycles. The first-order valence-electron chi connectivity index (χ1n) is 6.92. The van der Waals surface area contributed by atoms with Gasteiger partial charge in [0.05, 0.1) is 6.10 Å². The summed E-state index contributed by atoms with van der Waals surface area (Å²) < 4.78 is 5.68. The zero-order valence-electron chi connectivity index (χ0n) is 11.5. The number of rotatable bonds is 3. The summed E-state index contributed by atoms with van der Waals surface area (Å²) in [7, 11) is 4.04. The van der Waals surface area contributed by atoms with Gasteiger partial charge < -0.3 is 20.3 Å². The number of nitrogens with two attached hydrogens (primary N) is 1. The molecule has 0 saturated carbocycles. The number of nitrogens with zero attached hydrogens (tertiary/aromatic N) is 2. The quantitative estimate of drug-likeness (QED) is 0.774. The Hall–Kier alpha value is -0.650. The summed E-state index contributed by atoms with van der Waals surface area (Å²) in [5, 5.41) is 0. The average molecular weight is 255 g/mol. The second kappa shape index (κ2) is 5.99. The third kappa shape index (κ3) is 3.02. The molecule has 5 heteroatoms. The Morgan fingerprint density at radius 3 is 2.56 bits per heavy atom. The zero-order chi connectivity index (χ0) is 13.1. The number of carbonyl (C=O) groups is 1. The standard InChI is InChI=1S/C13H25N3O2/c1-15-7-5-10(6-8-15)16(2)13(17)12-4-3-11(9-14)18-12/h10-12H,3-9,14H2,1-2H3. The number of hydrogen-bond acceptors (Lipinski definition) is 4. The first-order valence-corrected chi connectivity index (χ1v) is 6.92. The highest BCUT2D eigenvalue weighted by molar-refractivity contribution is 5.81. The molecule has 0 spiro atoms. The Balaban J connectivity index is 1.85. The maximum absolute atomic E-state index is 12.3.